The van der Waals surface area contributed by atoms with E-state index in [1.165, 1.54) is 33.2 Å². The Morgan fingerprint density at radius 2 is 1.89 bits per heavy atom. The molecule has 0 saturated carbocycles. The lowest BCUT2D eigenvalue weighted by molar-refractivity contribution is 0.691. The van der Waals surface area contributed by atoms with Gasteiger partial charge in [0.05, 0.1) is 0 Å². The average molecular weight is 364 g/mol. The molecule has 19 heavy (non-hydrogen) atoms. The van der Waals surface area contributed by atoms with Crippen LogP contribution in [0.2, 0.25) is 0 Å². The van der Waals surface area contributed by atoms with Crippen LogP contribution in [-0.2, 0) is 13.0 Å². The molecule has 2 N–H and O–H groups in total. The molecule has 0 radical (unpaired) electrons. The summed E-state index contributed by atoms with van der Waals surface area (Å²) in [7, 11) is 0. The fourth-order valence-electron chi connectivity index (χ4n) is 2.64. The van der Waals surface area contributed by atoms with Gasteiger partial charge in [-0.05, 0) is 70.8 Å². The molecule has 0 aromatic heterocycles. The number of rotatable bonds is 2. The monoisotopic (exact) mass is 364 g/mol. The van der Waals surface area contributed by atoms with Gasteiger partial charge in [0, 0.05) is 28.0 Å². The Morgan fingerprint density at radius 1 is 1.11 bits per heavy atom. The highest BCUT2D eigenvalue weighted by atomic mass is 127. The van der Waals surface area contributed by atoms with Gasteiger partial charge >= 0.3 is 0 Å². The Morgan fingerprint density at radius 3 is 2.68 bits per heavy atom. The van der Waals surface area contributed by atoms with Crippen molar-refractivity contribution in [2.45, 2.75) is 19.4 Å². The highest BCUT2D eigenvalue weighted by molar-refractivity contribution is 14.1. The van der Waals surface area contributed by atoms with E-state index in [1.54, 1.807) is 0 Å². The first-order valence-corrected chi connectivity index (χ1v) is 7.68. The SMILES string of the molecule is Nc1ccc2c(c1)N(Cc1ccc(I)cc1)CCC2. The van der Waals surface area contributed by atoms with Gasteiger partial charge in [-0.3, -0.25) is 0 Å². The molecule has 2 aromatic rings. The van der Waals surface area contributed by atoms with Crippen molar-refractivity contribution in [1.82, 2.24) is 0 Å². The topological polar surface area (TPSA) is 29.3 Å². The van der Waals surface area contributed by atoms with Crippen molar-refractivity contribution in [3.05, 3.63) is 57.2 Å². The third kappa shape index (κ3) is 2.86. The molecule has 2 aromatic carbocycles. The number of halogens is 1. The minimum atomic E-state index is 0.855. The molecule has 0 fully saturated rings. The van der Waals surface area contributed by atoms with Crippen LogP contribution in [0.3, 0.4) is 0 Å². The smallest absolute Gasteiger partial charge is 0.0429 e. The predicted octanol–water partition coefficient (Wildman–Crippen LogP) is 3.83. The van der Waals surface area contributed by atoms with Crippen LogP contribution in [0.5, 0.6) is 0 Å². The van der Waals surface area contributed by atoms with E-state index in [0.29, 0.717) is 0 Å². The third-order valence-corrected chi connectivity index (χ3v) is 4.33. The number of nitrogen functional groups attached to an aromatic ring is 1. The zero-order valence-electron chi connectivity index (χ0n) is 10.8. The lowest BCUT2D eigenvalue weighted by atomic mass is 10.0. The molecule has 0 amide bonds. The van der Waals surface area contributed by atoms with Gasteiger partial charge in [0.1, 0.15) is 0 Å². The molecule has 1 aliphatic heterocycles. The summed E-state index contributed by atoms with van der Waals surface area (Å²) in [5.74, 6) is 0. The number of anilines is 2. The summed E-state index contributed by atoms with van der Waals surface area (Å²) < 4.78 is 1.28. The van der Waals surface area contributed by atoms with Gasteiger partial charge in [0.15, 0.2) is 0 Å². The second-order valence-corrected chi connectivity index (χ2v) is 6.29. The molecule has 0 spiro atoms. The zero-order valence-corrected chi connectivity index (χ0v) is 12.9. The summed E-state index contributed by atoms with van der Waals surface area (Å²) >= 11 is 2.34. The molecule has 2 nitrogen and oxygen atoms in total. The van der Waals surface area contributed by atoms with E-state index < -0.39 is 0 Å². The molecule has 98 valence electrons. The number of nitrogens with zero attached hydrogens (tertiary/aromatic N) is 1. The van der Waals surface area contributed by atoms with E-state index in [1.807, 2.05) is 6.07 Å². The van der Waals surface area contributed by atoms with Crippen molar-refractivity contribution < 1.29 is 0 Å². The molecule has 0 aliphatic carbocycles. The van der Waals surface area contributed by atoms with Gasteiger partial charge in [-0.1, -0.05) is 18.2 Å². The van der Waals surface area contributed by atoms with Crippen LogP contribution in [-0.4, -0.2) is 6.54 Å². The summed E-state index contributed by atoms with van der Waals surface area (Å²) in [6.07, 6.45) is 2.39. The summed E-state index contributed by atoms with van der Waals surface area (Å²) in [5.41, 5.74) is 10.9. The van der Waals surface area contributed by atoms with E-state index in [4.69, 9.17) is 5.73 Å². The average Bonchev–Trinajstić information content (AvgIpc) is 2.42. The lowest BCUT2D eigenvalue weighted by Crippen LogP contribution is -2.28. The van der Waals surface area contributed by atoms with Crippen LogP contribution in [0.25, 0.3) is 0 Å². The summed E-state index contributed by atoms with van der Waals surface area (Å²) in [5, 5.41) is 0. The number of hydrogen-bond acceptors (Lipinski definition) is 2. The fourth-order valence-corrected chi connectivity index (χ4v) is 3.00. The number of nitrogens with two attached hydrogens (primary N) is 1. The Labute approximate surface area is 127 Å². The number of hydrogen-bond donors (Lipinski definition) is 1. The summed E-state index contributed by atoms with van der Waals surface area (Å²) in [4.78, 5) is 2.44. The molecular weight excluding hydrogens is 347 g/mol. The van der Waals surface area contributed by atoms with E-state index in [9.17, 15) is 0 Å². The molecule has 0 unspecified atom stereocenters. The van der Waals surface area contributed by atoms with Gasteiger partial charge in [0.25, 0.3) is 0 Å². The number of aryl methyl sites for hydroxylation is 1. The van der Waals surface area contributed by atoms with E-state index in [0.717, 1.165) is 18.8 Å². The van der Waals surface area contributed by atoms with Crippen LogP contribution in [0, 0.1) is 3.57 Å². The highest BCUT2D eigenvalue weighted by Crippen LogP contribution is 2.30. The summed E-state index contributed by atoms with van der Waals surface area (Å²) in [6.45, 7) is 2.08. The van der Waals surface area contributed by atoms with Crippen molar-refractivity contribution in [2.75, 3.05) is 17.2 Å². The maximum atomic E-state index is 5.93. The van der Waals surface area contributed by atoms with Gasteiger partial charge in [-0.2, -0.15) is 0 Å². The quantitative estimate of drug-likeness (QED) is 0.648. The van der Waals surface area contributed by atoms with Gasteiger partial charge in [-0.15, -0.1) is 0 Å². The first-order chi connectivity index (χ1) is 9.22. The Kier molecular flexibility index (Phi) is 3.64. The van der Waals surface area contributed by atoms with E-state index in [-0.39, 0.29) is 0 Å². The predicted molar refractivity (Wildman–Crippen MR) is 89.4 cm³/mol. The van der Waals surface area contributed by atoms with Crippen LogP contribution in [0.4, 0.5) is 11.4 Å². The number of benzene rings is 2. The van der Waals surface area contributed by atoms with Crippen LogP contribution in [0.1, 0.15) is 17.5 Å². The van der Waals surface area contributed by atoms with Crippen LogP contribution >= 0.6 is 22.6 Å². The van der Waals surface area contributed by atoms with Crippen LogP contribution < -0.4 is 10.6 Å². The van der Waals surface area contributed by atoms with Gasteiger partial charge in [0.2, 0.25) is 0 Å². The molecule has 3 heteroatoms. The third-order valence-electron chi connectivity index (χ3n) is 3.61. The van der Waals surface area contributed by atoms with Crippen molar-refractivity contribution >= 4 is 34.0 Å². The first-order valence-electron chi connectivity index (χ1n) is 6.60. The Bertz CT molecular complexity index is 578. The second-order valence-electron chi connectivity index (χ2n) is 5.04. The molecule has 0 atom stereocenters. The van der Waals surface area contributed by atoms with Crippen LogP contribution in [0.15, 0.2) is 42.5 Å². The van der Waals surface area contributed by atoms with Crippen molar-refractivity contribution in [3.63, 3.8) is 0 Å². The largest absolute Gasteiger partial charge is 0.399 e. The van der Waals surface area contributed by atoms with Gasteiger partial charge in [-0.25, -0.2) is 0 Å². The van der Waals surface area contributed by atoms with Crippen molar-refractivity contribution in [2.24, 2.45) is 0 Å². The second kappa shape index (κ2) is 5.41. The molecule has 1 heterocycles. The highest BCUT2D eigenvalue weighted by Gasteiger charge is 2.16. The maximum absolute atomic E-state index is 5.93. The molecule has 0 saturated heterocycles. The zero-order chi connectivity index (χ0) is 13.2. The normalized spacial score (nSPS) is 14.3. The van der Waals surface area contributed by atoms with Crippen molar-refractivity contribution in [3.8, 4) is 0 Å². The summed E-state index contributed by atoms with van der Waals surface area (Å²) in [6, 6.07) is 15.0. The first kappa shape index (κ1) is 12.8. The molecule has 0 bridgehead atoms. The van der Waals surface area contributed by atoms with Crippen molar-refractivity contribution in [1.29, 1.82) is 0 Å². The minimum absolute atomic E-state index is 0.855. The Hall–Kier alpha value is -1.23. The van der Waals surface area contributed by atoms with E-state index >= 15 is 0 Å². The lowest BCUT2D eigenvalue weighted by Gasteiger charge is -2.31. The minimum Gasteiger partial charge on any atom is -0.399 e. The molecular formula is C16H17IN2. The molecule has 1 aliphatic rings. The van der Waals surface area contributed by atoms with E-state index in [2.05, 4.69) is 63.9 Å². The Balaban J connectivity index is 1.87. The standard InChI is InChI=1S/C16H17IN2/c17-14-6-3-12(4-7-14)11-19-9-1-2-13-5-8-15(18)10-16(13)19/h3-8,10H,1-2,9,11,18H2. The maximum Gasteiger partial charge on any atom is 0.0429 e. The molecule has 3 rings (SSSR count). The number of fused-ring (bicyclic) bond motifs is 1. The fraction of sp³-hybridized carbons (Fsp3) is 0.250. The van der Waals surface area contributed by atoms with Gasteiger partial charge < -0.3 is 10.6 Å².